The van der Waals surface area contributed by atoms with E-state index in [0.717, 1.165) is 12.3 Å². The summed E-state index contributed by atoms with van der Waals surface area (Å²) in [5, 5.41) is 0. The number of hydrogen-bond acceptors (Lipinski definition) is 4. The molecule has 0 saturated carbocycles. The summed E-state index contributed by atoms with van der Waals surface area (Å²) < 4.78 is 11.1. The van der Waals surface area contributed by atoms with Gasteiger partial charge in [0.15, 0.2) is 0 Å². The second kappa shape index (κ2) is 7.11. The summed E-state index contributed by atoms with van der Waals surface area (Å²) in [6.45, 7) is 6.12. The molecule has 0 atom stereocenters. The summed E-state index contributed by atoms with van der Waals surface area (Å²) in [5.74, 6) is 1.27. The van der Waals surface area contributed by atoms with Gasteiger partial charge in [0.1, 0.15) is 12.4 Å². The Kier molecular flexibility index (Phi) is 5.78. The van der Waals surface area contributed by atoms with Crippen molar-refractivity contribution in [3.8, 4) is 5.75 Å². The molecule has 0 spiro atoms. The molecule has 0 aromatic heterocycles. The molecule has 4 nitrogen and oxygen atoms in total. The maximum atomic E-state index is 5.87. The maximum Gasteiger partial charge on any atom is 0.144 e. The van der Waals surface area contributed by atoms with Crippen LogP contribution in [0.5, 0.6) is 5.75 Å². The van der Waals surface area contributed by atoms with E-state index in [9.17, 15) is 0 Å². The van der Waals surface area contributed by atoms with Gasteiger partial charge in [-0.3, -0.25) is 0 Å². The van der Waals surface area contributed by atoms with Crippen LogP contribution < -0.4 is 15.4 Å². The number of nitrogen functional groups attached to an aromatic ring is 1. The predicted molar refractivity (Wildman–Crippen MR) is 76.3 cm³/mol. The number of nitrogens with zero attached hydrogens (tertiary/aromatic N) is 1. The molecule has 1 aromatic carbocycles. The quantitative estimate of drug-likeness (QED) is 0.598. The molecule has 0 unspecified atom stereocenters. The van der Waals surface area contributed by atoms with Gasteiger partial charge in [-0.1, -0.05) is 13.8 Å². The van der Waals surface area contributed by atoms with Crippen LogP contribution in [0.2, 0.25) is 0 Å². The Balaban J connectivity index is 2.43. The minimum atomic E-state index is 0.522. The largest absolute Gasteiger partial charge is 0.489 e. The standard InChI is InChI=1S/C14H24N2O2/c1-11(2)10-17-7-8-18-14-9-12(16(3)4)5-6-13(14)15/h5-6,9,11H,7-8,10,15H2,1-4H3. The summed E-state index contributed by atoms with van der Waals surface area (Å²) in [6.07, 6.45) is 0. The lowest BCUT2D eigenvalue weighted by Crippen LogP contribution is -2.12. The Labute approximate surface area is 110 Å². The van der Waals surface area contributed by atoms with E-state index in [1.807, 2.05) is 37.2 Å². The number of hydrogen-bond donors (Lipinski definition) is 1. The third kappa shape index (κ3) is 4.84. The van der Waals surface area contributed by atoms with Crippen molar-refractivity contribution >= 4 is 11.4 Å². The van der Waals surface area contributed by atoms with E-state index in [1.54, 1.807) is 0 Å². The van der Waals surface area contributed by atoms with Crippen LogP contribution in [0, 0.1) is 5.92 Å². The van der Waals surface area contributed by atoms with Crippen molar-refractivity contribution in [1.82, 2.24) is 0 Å². The van der Waals surface area contributed by atoms with Gasteiger partial charge in [0.2, 0.25) is 0 Å². The Morgan fingerprint density at radius 3 is 2.56 bits per heavy atom. The fourth-order valence-electron chi connectivity index (χ4n) is 1.46. The molecular weight excluding hydrogens is 228 g/mol. The second-order valence-electron chi connectivity index (χ2n) is 4.93. The maximum absolute atomic E-state index is 5.87. The molecule has 0 fully saturated rings. The van der Waals surface area contributed by atoms with Crippen molar-refractivity contribution in [2.75, 3.05) is 44.5 Å². The van der Waals surface area contributed by atoms with Crippen molar-refractivity contribution in [2.24, 2.45) is 5.92 Å². The average molecular weight is 252 g/mol. The molecular formula is C14H24N2O2. The van der Waals surface area contributed by atoms with E-state index in [2.05, 4.69) is 13.8 Å². The first kappa shape index (κ1) is 14.6. The highest BCUT2D eigenvalue weighted by atomic mass is 16.5. The Bertz CT molecular complexity index is 365. The Hall–Kier alpha value is -1.42. The zero-order valence-corrected chi connectivity index (χ0v) is 11.8. The summed E-state index contributed by atoms with van der Waals surface area (Å²) >= 11 is 0. The molecule has 0 bridgehead atoms. The molecule has 0 aliphatic rings. The summed E-state index contributed by atoms with van der Waals surface area (Å²) in [7, 11) is 3.97. The zero-order chi connectivity index (χ0) is 13.5. The Morgan fingerprint density at radius 2 is 1.94 bits per heavy atom. The van der Waals surface area contributed by atoms with E-state index in [-0.39, 0.29) is 0 Å². The lowest BCUT2D eigenvalue weighted by molar-refractivity contribution is 0.0821. The third-order valence-electron chi connectivity index (χ3n) is 2.45. The molecule has 0 heterocycles. The number of anilines is 2. The van der Waals surface area contributed by atoms with Crippen LogP contribution in [0.15, 0.2) is 18.2 Å². The van der Waals surface area contributed by atoms with E-state index in [1.165, 1.54) is 0 Å². The zero-order valence-electron chi connectivity index (χ0n) is 11.8. The number of nitrogens with two attached hydrogens (primary N) is 1. The molecule has 4 heteroatoms. The molecule has 18 heavy (non-hydrogen) atoms. The van der Waals surface area contributed by atoms with Crippen LogP contribution in [0.25, 0.3) is 0 Å². The summed E-state index contributed by atoms with van der Waals surface area (Å²) in [4.78, 5) is 2.02. The first-order valence-electron chi connectivity index (χ1n) is 6.28. The molecule has 2 N–H and O–H groups in total. The molecule has 0 aliphatic carbocycles. The van der Waals surface area contributed by atoms with E-state index >= 15 is 0 Å². The first-order valence-corrected chi connectivity index (χ1v) is 6.28. The van der Waals surface area contributed by atoms with Gasteiger partial charge in [-0.15, -0.1) is 0 Å². The van der Waals surface area contributed by atoms with Crippen LogP contribution in [0.3, 0.4) is 0 Å². The fourth-order valence-corrected chi connectivity index (χ4v) is 1.46. The van der Waals surface area contributed by atoms with Crippen molar-refractivity contribution < 1.29 is 9.47 Å². The molecule has 0 radical (unpaired) electrons. The predicted octanol–water partition coefficient (Wildman–Crippen LogP) is 2.39. The smallest absolute Gasteiger partial charge is 0.144 e. The third-order valence-corrected chi connectivity index (χ3v) is 2.45. The summed E-state index contributed by atoms with van der Waals surface area (Å²) in [6, 6.07) is 5.77. The van der Waals surface area contributed by atoms with Crippen LogP contribution in [-0.2, 0) is 4.74 Å². The fraction of sp³-hybridized carbons (Fsp3) is 0.571. The Morgan fingerprint density at radius 1 is 1.22 bits per heavy atom. The topological polar surface area (TPSA) is 47.7 Å². The van der Waals surface area contributed by atoms with Gasteiger partial charge in [0.25, 0.3) is 0 Å². The van der Waals surface area contributed by atoms with Gasteiger partial charge in [-0.25, -0.2) is 0 Å². The first-order chi connectivity index (χ1) is 8.50. The van der Waals surface area contributed by atoms with Crippen LogP contribution in [0.4, 0.5) is 11.4 Å². The van der Waals surface area contributed by atoms with Gasteiger partial charge in [-0.2, -0.15) is 0 Å². The number of ether oxygens (including phenoxy) is 2. The van der Waals surface area contributed by atoms with Crippen molar-refractivity contribution in [3.63, 3.8) is 0 Å². The van der Waals surface area contributed by atoms with E-state index < -0.39 is 0 Å². The van der Waals surface area contributed by atoms with Crippen LogP contribution in [-0.4, -0.2) is 33.9 Å². The number of benzene rings is 1. The molecule has 0 saturated heterocycles. The SMILES string of the molecule is CC(C)COCCOc1cc(N(C)C)ccc1N. The highest BCUT2D eigenvalue weighted by molar-refractivity contribution is 5.61. The average Bonchev–Trinajstić information content (AvgIpc) is 2.30. The lowest BCUT2D eigenvalue weighted by atomic mass is 10.2. The molecule has 102 valence electrons. The molecule has 0 aliphatic heterocycles. The number of rotatable bonds is 7. The highest BCUT2D eigenvalue weighted by Gasteiger charge is 2.04. The summed E-state index contributed by atoms with van der Waals surface area (Å²) in [5.41, 5.74) is 7.60. The van der Waals surface area contributed by atoms with Crippen molar-refractivity contribution in [2.45, 2.75) is 13.8 Å². The molecule has 1 rings (SSSR count). The lowest BCUT2D eigenvalue weighted by Gasteiger charge is -2.16. The van der Waals surface area contributed by atoms with Gasteiger partial charge < -0.3 is 20.1 Å². The molecule has 1 aromatic rings. The van der Waals surface area contributed by atoms with E-state index in [0.29, 0.717) is 30.6 Å². The highest BCUT2D eigenvalue weighted by Crippen LogP contribution is 2.26. The van der Waals surface area contributed by atoms with Gasteiger partial charge >= 0.3 is 0 Å². The van der Waals surface area contributed by atoms with Gasteiger partial charge in [0.05, 0.1) is 12.3 Å². The normalized spacial score (nSPS) is 10.7. The second-order valence-corrected chi connectivity index (χ2v) is 4.93. The van der Waals surface area contributed by atoms with E-state index in [4.69, 9.17) is 15.2 Å². The minimum Gasteiger partial charge on any atom is -0.489 e. The molecule has 0 amide bonds. The van der Waals surface area contributed by atoms with Crippen molar-refractivity contribution in [1.29, 1.82) is 0 Å². The monoisotopic (exact) mass is 252 g/mol. The van der Waals surface area contributed by atoms with Gasteiger partial charge in [-0.05, 0) is 18.1 Å². The van der Waals surface area contributed by atoms with Gasteiger partial charge in [0, 0.05) is 32.5 Å². The van der Waals surface area contributed by atoms with Crippen molar-refractivity contribution in [3.05, 3.63) is 18.2 Å². The minimum absolute atomic E-state index is 0.522. The van der Waals surface area contributed by atoms with Crippen LogP contribution >= 0.6 is 0 Å². The van der Waals surface area contributed by atoms with Crippen LogP contribution in [0.1, 0.15) is 13.8 Å².